The van der Waals surface area contributed by atoms with Crippen LogP contribution < -0.4 is 4.74 Å². The average Bonchev–Trinajstić information content (AvgIpc) is 2.14. The molecule has 0 unspecified atom stereocenters. The Morgan fingerprint density at radius 3 is 2.40 bits per heavy atom. The maximum atomic E-state index is 10.8. The number of rotatable bonds is 5. The van der Waals surface area contributed by atoms with E-state index in [9.17, 15) is 8.42 Å². The minimum atomic E-state index is -2.87. The summed E-state index contributed by atoms with van der Waals surface area (Å²) in [7, 11) is -2.87. The lowest BCUT2D eigenvalue weighted by molar-refractivity contribution is 0.317. The molecule has 0 spiro atoms. The fraction of sp³-hybridized carbons (Fsp3) is 0.400. The topological polar surface area (TPSA) is 43.4 Å². The van der Waals surface area contributed by atoms with Crippen LogP contribution in [0.4, 0.5) is 0 Å². The van der Waals surface area contributed by atoms with E-state index >= 15 is 0 Å². The van der Waals surface area contributed by atoms with Crippen LogP contribution in [0.1, 0.15) is 6.42 Å². The van der Waals surface area contributed by atoms with Crippen molar-refractivity contribution in [3.63, 3.8) is 0 Å². The second-order valence-corrected chi connectivity index (χ2v) is 6.79. The highest BCUT2D eigenvalue weighted by Crippen LogP contribution is 2.13. The van der Waals surface area contributed by atoms with Crippen molar-refractivity contribution in [2.24, 2.45) is 0 Å². The molecule has 5 heteroatoms. The molecule has 0 atom stereocenters. The van der Waals surface area contributed by atoms with Gasteiger partial charge in [-0.25, -0.2) is 8.42 Å². The molecule has 0 saturated carbocycles. The monoisotopic (exact) mass is 340 g/mol. The quantitative estimate of drug-likeness (QED) is 0.609. The fourth-order valence-corrected chi connectivity index (χ4v) is 2.04. The Kier molecular flexibility index (Phi) is 4.85. The molecule has 0 heterocycles. The molecule has 0 radical (unpaired) electrons. The van der Waals surface area contributed by atoms with Gasteiger partial charge in [-0.05, 0) is 53.3 Å². The highest BCUT2D eigenvalue weighted by molar-refractivity contribution is 14.1. The number of halogens is 1. The summed E-state index contributed by atoms with van der Waals surface area (Å²) < 4.78 is 28.2. The van der Waals surface area contributed by atoms with Gasteiger partial charge in [-0.2, -0.15) is 0 Å². The van der Waals surface area contributed by atoms with E-state index < -0.39 is 9.84 Å². The lowest BCUT2D eigenvalue weighted by Crippen LogP contribution is -2.07. The first-order chi connectivity index (χ1) is 6.97. The predicted octanol–water partition coefficient (Wildman–Crippen LogP) is 2.10. The normalized spacial score (nSPS) is 11.3. The van der Waals surface area contributed by atoms with Crippen LogP contribution in [0.25, 0.3) is 0 Å². The van der Waals surface area contributed by atoms with Gasteiger partial charge in [-0.1, -0.05) is 0 Å². The third-order valence-corrected chi connectivity index (χ3v) is 3.49. The van der Waals surface area contributed by atoms with Gasteiger partial charge in [0.1, 0.15) is 15.6 Å². The zero-order valence-electron chi connectivity index (χ0n) is 8.44. The van der Waals surface area contributed by atoms with Gasteiger partial charge in [0.15, 0.2) is 0 Å². The summed E-state index contributed by atoms with van der Waals surface area (Å²) in [6.45, 7) is 0.438. The molecule has 84 valence electrons. The van der Waals surface area contributed by atoms with Crippen molar-refractivity contribution in [3.05, 3.63) is 27.8 Å². The van der Waals surface area contributed by atoms with E-state index in [4.69, 9.17) is 4.74 Å². The number of hydrogen-bond acceptors (Lipinski definition) is 3. The summed E-state index contributed by atoms with van der Waals surface area (Å²) in [6.07, 6.45) is 1.77. The molecule has 0 aliphatic carbocycles. The van der Waals surface area contributed by atoms with E-state index in [2.05, 4.69) is 22.6 Å². The Morgan fingerprint density at radius 1 is 1.27 bits per heavy atom. The van der Waals surface area contributed by atoms with Crippen LogP contribution in [-0.2, 0) is 9.84 Å². The third kappa shape index (κ3) is 5.99. The van der Waals surface area contributed by atoms with Crippen LogP contribution in [0.5, 0.6) is 5.75 Å². The first-order valence-electron chi connectivity index (χ1n) is 4.53. The average molecular weight is 340 g/mol. The van der Waals surface area contributed by atoms with Crippen LogP contribution >= 0.6 is 22.6 Å². The zero-order chi connectivity index (χ0) is 11.3. The Morgan fingerprint density at radius 2 is 1.87 bits per heavy atom. The van der Waals surface area contributed by atoms with Crippen LogP contribution in [-0.4, -0.2) is 27.0 Å². The van der Waals surface area contributed by atoms with Crippen molar-refractivity contribution in [2.75, 3.05) is 18.6 Å². The highest BCUT2D eigenvalue weighted by atomic mass is 127. The van der Waals surface area contributed by atoms with Gasteiger partial charge in [0, 0.05) is 9.83 Å². The van der Waals surface area contributed by atoms with E-state index in [0.717, 1.165) is 9.32 Å². The summed E-state index contributed by atoms with van der Waals surface area (Å²) in [6, 6.07) is 7.66. The number of ether oxygens (including phenoxy) is 1. The summed E-state index contributed by atoms with van der Waals surface area (Å²) >= 11 is 2.22. The Hall–Kier alpha value is -0.300. The fourth-order valence-electron chi connectivity index (χ4n) is 1.04. The van der Waals surface area contributed by atoms with E-state index in [1.807, 2.05) is 24.3 Å². The molecule has 1 aromatic rings. The van der Waals surface area contributed by atoms with Crippen molar-refractivity contribution in [3.8, 4) is 5.75 Å². The van der Waals surface area contributed by atoms with Crippen molar-refractivity contribution in [1.82, 2.24) is 0 Å². The van der Waals surface area contributed by atoms with Gasteiger partial charge in [-0.15, -0.1) is 0 Å². The van der Waals surface area contributed by atoms with E-state index in [0.29, 0.717) is 13.0 Å². The summed E-state index contributed by atoms with van der Waals surface area (Å²) in [4.78, 5) is 0. The Labute approximate surface area is 104 Å². The van der Waals surface area contributed by atoms with Crippen molar-refractivity contribution < 1.29 is 13.2 Å². The molecule has 1 rings (SSSR count). The SMILES string of the molecule is CS(=O)(=O)CCCOc1ccc(I)cc1. The molecule has 0 saturated heterocycles. The van der Waals surface area contributed by atoms with Crippen LogP contribution in [0.2, 0.25) is 0 Å². The summed E-state index contributed by atoms with van der Waals surface area (Å²) in [5.41, 5.74) is 0. The van der Waals surface area contributed by atoms with Gasteiger partial charge in [-0.3, -0.25) is 0 Å². The zero-order valence-corrected chi connectivity index (χ0v) is 11.4. The molecule has 0 N–H and O–H groups in total. The molecule has 0 aliphatic heterocycles. The molecule has 0 aliphatic rings. The second-order valence-electron chi connectivity index (χ2n) is 3.29. The molecule has 15 heavy (non-hydrogen) atoms. The summed E-state index contributed by atoms with van der Waals surface area (Å²) in [5, 5.41) is 0. The maximum Gasteiger partial charge on any atom is 0.147 e. The van der Waals surface area contributed by atoms with Crippen LogP contribution in [0, 0.1) is 3.57 Å². The summed E-state index contributed by atoms with van der Waals surface area (Å²) in [5.74, 6) is 0.959. The standard InChI is InChI=1S/C10H13IO3S/c1-15(12,13)8-2-7-14-10-5-3-9(11)4-6-10/h3-6H,2,7-8H2,1H3. The van der Waals surface area contributed by atoms with Gasteiger partial charge < -0.3 is 4.74 Å². The maximum absolute atomic E-state index is 10.8. The van der Waals surface area contributed by atoms with E-state index in [1.165, 1.54) is 6.26 Å². The smallest absolute Gasteiger partial charge is 0.147 e. The van der Waals surface area contributed by atoms with Crippen molar-refractivity contribution >= 4 is 32.4 Å². The molecular weight excluding hydrogens is 327 g/mol. The predicted molar refractivity (Wildman–Crippen MR) is 69.0 cm³/mol. The van der Waals surface area contributed by atoms with Crippen molar-refractivity contribution in [2.45, 2.75) is 6.42 Å². The van der Waals surface area contributed by atoms with Gasteiger partial charge >= 0.3 is 0 Å². The lowest BCUT2D eigenvalue weighted by atomic mass is 10.3. The van der Waals surface area contributed by atoms with Crippen molar-refractivity contribution in [1.29, 1.82) is 0 Å². The molecule has 0 fully saturated rings. The molecule has 3 nitrogen and oxygen atoms in total. The molecule has 0 amide bonds. The van der Waals surface area contributed by atoms with E-state index in [-0.39, 0.29) is 5.75 Å². The first-order valence-corrected chi connectivity index (χ1v) is 7.67. The third-order valence-electron chi connectivity index (χ3n) is 1.74. The van der Waals surface area contributed by atoms with E-state index in [1.54, 1.807) is 0 Å². The van der Waals surface area contributed by atoms with Crippen LogP contribution in [0.15, 0.2) is 24.3 Å². The molecule has 0 aromatic heterocycles. The van der Waals surface area contributed by atoms with Gasteiger partial charge in [0.25, 0.3) is 0 Å². The molecular formula is C10H13IO3S. The highest BCUT2D eigenvalue weighted by Gasteiger charge is 2.01. The Bertz CT molecular complexity index is 397. The number of hydrogen-bond donors (Lipinski definition) is 0. The Balaban J connectivity index is 2.29. The molecule has 0 bridgehead atoms. The van der Waals surface area contributed by atoms with Crippen LogP contribution in [0.3, 0.4) is 0 Å². The second kappa shape index (κ2) is 5.69. The molecule has 1 aromatic carbocycles. The number of sulfone groups is 1. The number of benzene rings is 1. The minimum absolute atomic E-state index is 0.178. The minimum Gasteiger partial charge on any atom is -0.494 e. The van der Waals surface area contributed by atoms with Gasteiger partial charge in [0.2, 0.25) is 0 Å². The largest absolute Gasteiger partial charge is 0.494 e. The first kappa shape index (κ1) is 12.8. The lowest BCUT2D eigenvalue weighted by Gasteiger charge is -2.05. The van der Waals surface area contributed by atoms with Gasteiger partial charge in [0.05, 0.1) is 12.4 Å².